The van der Waals surface area contributed by atoms with Gasteiger partial charge in [-0.1, -0.05) is 41.4 Å². The number of ether oxygens (including phenoxy) is 2. The second-order valence-corrected chi connectivity index (χ2v) is 8.54. The molecule has 0 saturated carbocycles. The summed E-state index contributed by atoms with van der Waals surface area (Å²) in [6.45, 7) is 4.85. The standard InChI is InChI=1S/C22H25Cl2N3O5/c1-22(2,3)32-21(30)26-12-19(28)27-17-7-5-4-6-14(17)11-25-20(29)13-31-18-9-8-15(23)10-16(18)24/h4-10H,11-13H2,1-3H3,(H,25,29)(H,26,30)(H,27,28). The molecule has 0 aliphatic carbocycles. The molecular formula is C22H25Cl2N3O5. The SMILES string of the molecule is CC(C)(C)OC(=O)NCC(=O)Nc1ccccc1CNC(=O)COc1ccc(Cl)cc1Cl. The lowest BCUT2D eigenvalue weighted by atomic mass is 10.1. The maximum atomic E-state index is 12.2. The highest BCUT2D eigenvalue weighted by Gasteiger charge is 2.17. The Bertz CT molecular complexity index is 976. The van der Waals surface area contributed by atoms with Crippen LogP contribution in [0.25, 0.3) is 0 Å². The summed E-state index contributed by atoms with van der Waals surface area (Å²) in [7, 11) is 0. The Kier molecular flexibility index (Phi) is 9.16. The van der Waals surface area contributed by atoms with Crippen molar-refractivity contribution in [2.24, 2.45) is 0 Å². The molecule has 2 aromatic carbocycles. The number of carbonyl (C=O) groups excluding carboxylic acids is 3. The number of nitrogens with one attached hydrogen (secondary N) is 3. The second-order valence-electron chi connectivity index (χ2n) is 7.70. The van der Waals surface area contributed by atoms with E-state index in [0.717, 1.165) is 0 Å². The lowest BCUT2D eigenvalue weighted by Gasteiger charge is -2.19. The summed E-state index contributed by atoms with van der Waals surface area (Å²) in [4.78, 5) is 36.0. The van der Waals surface area contributed by atoms with Crippen LogP contribution in [0.4, 0.5) is 10.5 Å². The van der Waals surface area contributed by atoms with Gasteiger partial charge in [-0.3, -0.25) is 9.59 Å². The molecule has 0 heterocycles. The number of benzene rings is 2. The molecule has 0 saturated heterocycles. The highest BCUT2D eigenvalue weighted by molar-refractivity contribution is 6.35. The summed E-state index contributed by atoms with van der Waals surface area (Å²) >= 11 is 11.8. The molecule has 2 aromatic rings. The average molecular weight is 482 g/mol. The molecule has 10 heteroatoms. The first-order valence-corrected chi connectivity index (χ1v) is 10.5. The Morgan fingerprint density at radius 1 is 0.969 bits per heavy atom. The van der Waals surface area contributed by atoms with Crippen molar-refractivity contribution in [3.63, 3.8) is 0 Å². The first-order valence-electron chi connectivity index (χ1n) is 9.72. The van der Waals surface area contributed by atoms with E-state index in [4.69, 9.17) is 32.7 Å². The molecule has 0 aromatic heterocycles. The Hall–Kier alpha value is -2.97. The van der Waals surface area contributed by atoms with Crippen molar-refractivity contribution >= 4 is 46.8 Å². The van der Waals surface area contributed by atoms with E-state index in [0.29, 0.717) is 27.0 Å². The molecule has 0 bridgehead atoms. The van der Waals surface area contributed by atoms with Crippen LogP contribution in [0.2, 0.25) is 10.0 Å². The minimum absolute atomic E-state index is 0.159. The van der Waals surface area contributed by atoms with Crippen LogP contribution in [0.5, 0.6) is 5.75 Å². The van der Waals surface area contributed by atoms with Gasteiger partial charge in [-0.25, -0.2) is 4.79 Å². The zero-order valence-corrected chi connectivity index (χ0v) is 19.5. The van der Waals surface area contributed by atoms with E-state index >= 15 is 0 Å². The molecule has 0 radical (unpaired) electrons. The minimum atomic E-state index is -0.686. The van der Waals surface area contributed by atoms with E-state index in [1.54, 1.807) is 57.2 Å². The zero-order chi connectivity index (χ0) is 23.7. The number of halogens is 2. The summed E-state index contributed by atoms with van der Waals surface area (Å²) in [5, 5.41) is 8.58. The maximum absolute atomic E-state index is 12.2. The van der Waals surface area contributed by atoms with E-state index in [1.807, 2.05) is 0 Å². The lowest BCUT2D eigenvalue weighted by molar-refractivity contribution is -0.123. The van der Waals surface area contributed by atoms with Crippen molar-refractivity contribution in [1.29, 1.82) is 0 Å². The Balaban J connectivity index is 1.84. The normalized spacial score (nSPS) is 10.8. The fourth-order valence-electron chi connectivity index (χ4n) is 2.44. The summed E-state index contributed by atoms with van der Waals surface area (Å²) in [6.07, 6.45) is -0.686. The van der Waals surface area contributed by atoms with Crippen LogP contribution in [-0.2, 0) is 20.9 Å². The van der Waals surface area contributed by atoms with Crippen molar-refractivity contribution in [1.82, 2.24) is 10.6 Å². The van der Waals surface area contributed by atoms with Gasteiger partial charge in [-0.05, 0) is 50.6 Å². The van der Waals surface area contributed by atoms with Gasteiger partial charge in [-0.2, -0.15) is 0 Å². The largest absolute Gasteiger partial charge is 0.482 e. The number of para-hydroxylation sites is 1. The number of carbonyl (C=O) groups is 3. The first kappa shape index (κ1) is 25.3. The molecule has 0 fully saturated rings. The van der Waals surface area contributed by atoms with Gasteiger partial charge in [-0.15, -0.1) is 0 Å². The van der Waals surface area contributed by atoms with Crippen LogP contribution in [-0.4, -0.2) is 36.7 Å². The van der Waals surface area contributed by atoms with Crippen molar-refractivity contribution in [3.05, 3.63) is 58.1 Å². The fraction of sp³-hybridized carbons (Fsp3) is 0.318. The van der Waals surface area contributed by atoms with E-state index in [2.05, 4.69) is 16.0 Å². The molecule has 0 unspecified atom stereocenters. The van der Waals surface area contributed by atoms with E-state index in [-0.39, 0.29) is 25.6 Å². The third-order valence-electron chi connectivity index (χ3n) is 3.81. The van der Waals surface area contributed by atoms with Crippen LogP contribution in [0.1, 0.15) is 26.3 Å². The lowest BCUT2D eigenvalue weighted by Crippen LogP contribution is -2.37. The van der Waals surface area contributed by atoms with E-state index < -0.39 is 17.6 Å². The van der Waals surface area contributed by atoms with Crippen LogP contribution >= 0.6 is 23.2 Å². The minimum Gasteiger partial charge on any atom is -0.482 e. The molecule has 0 aliphatic rings. The first-order chi connectivity index (χ1) is 15.0. The summed E-state index contributed by atoms with van der Waals surface area (Å²) < 4.78 is 10.5. The summed E-state index contributed by atoms with van der Waals surface area (Å²) in [5.41, 5.74) is 0.523. The Morgan fingerprint density at radius 2 is 1.69 bits per heavy atom. The Labute approximate surface area is 196 Å². The van der Waals surface area contributed by atoms with Crippen LogP contribution in [0.15, 0.2) is 42.5 Å². The third-order valence-corrected chi connectivity index (χ3v) is 4.34. The van der Waals surface area contributed by atoms with Gasteiger partial charge in [0, 0.05) is 17.3 Å². The summed E-state index contributed by atoms with van der Waals surface area (Å²) in [6, 6.07) is 11.7. The van der Waals surface area contributed by atoms with Crippen molar-refractivity contribution in [2.45, 2.75) is 32.9 Å². The summed E-state index contributed by atoms with van der Waals surface area (Å²) in [5.74, 6) is -0.463. The number of anilines is 1. The molecule has 0 aliphatic heterocycles. The van der Waals surface area contributed by atoms with Crippen molar-refractivity contribution in [2.75, 3.05) is 18.5 Å². The molecule has 3 amide bonds. The van der Waals surface area contributed by atoms with E-state index in [1.165, 1.54) is 6.07 Å². The van der Waals surface area contributed by atoms with Gasteiger partial charge < -0.3 is 25.4 Å². The average Bonchev–Trinajstić information content (AvgIpc) is 2.70. The van der Waals surface area contributed by atoms with Crippen LogP contribution in [0.3, 0.4) is 0 Å². The molecule has 172 valence electrons. The number of rotatable bonds is 8. The number of alkyl carbamates (subject to hydrolysis) is 1. The molecular weight excluding hydrogens is 457 g/mol. The molecule has 32 heavy (non-hydrogen) atoms. The van der Waals surface area contributed by atoms with Gasteiger partial charge in [0.1, 0.15) is 17.9 Å². The number of amides is 3. The predicted octanol–water partition coefficient (Wildman–Crippen LogP) is 4.15. The smallest absolute Gasteiger partial charge is 0.408 e. The quantitative estimate of drug-likeness (QED) is 0.524. The van der Waals surface area contributed by atoms with Gasteiger partial charge in [0.15, 0.2) is 6.61 Å². The van der Waals surface area contributed by atoms with Crippen LogP contribution < -0.4 is 20.7 Å². The topological polar surface area (TPSA) is 106 Å². The van der Waals surface area contributed by atoms with Gasteiger partial charge in [0.25, 0.3) is 5.91 Å². The molecule has 2 rings (SSSR count). The van der Waals surface area contributed by atoms with E-state index in [9.17, 15) is 14.4 Å². The van der Waals surface area contributed by atoms with Crippen molar-refractivity contribution in [3.8, 4) is 5.75 Å². The highest BCUT2D eigenvalue weighted by atomic mass is 35.5. The molecule has 8 nitrogen and oxygen atoms in total. The molecule has 0 spiro atoms. The molecule has 0 atom stereocenters. The van der Waals surface area contributed by atoms with Crippen molar-refractivity contribution < 1.29 is 23.9 Å². The second kappa shape index (κ2) is 11.6. The predicted molar refractivity (Wildman–Crippen MR) is 123 cm³/mol. The number of hydrogen-bond donors (Lipinski definition) is 3. The van der Waals surface area contributed by atoms with Gasteiger partial charge >= 0.3 is 6.09 Å². The number of hydrogen-bond acceptors (Lipinski definition) is 5. The molecule has 3 N–H and O–H groups in total. The third kappa shape index (κ3) is 9.03. The maximum Gasteiger partial charge on any atom is 0.408 e. The fourth-order valence-corrected chi connectivity index (χ4v) is 2.90. The van der Waals surface area contributed by atoms with Gasteiger partial charge in [0.2, 0.25) is 5.91 Å². The van der Waals surface area contributed by atoms with Crippen LogP contribution in [0, 0.1) is 0 Å². The zero-order valence-electron chi connectivity index (χ0n) is 18.0. The monoisotopic (exact) mass is 481 g/mol. The Morgan fingerprint density at radius 3 is 2.38 bits per heavy atom. The highest BCUT2D eigenvalue weighted by Crippen LogP contribution is 2.27. The van der Waals surface area contributed by atoms with Gasteiger partial charge in [0.05, 0.1) is 5.02 Å².